The van der Waals surface area contributed by atoms with Crippen LogP contribution in [-0.4, -0.2) is 64.8 Å². The van der Waals surface area contributed by atoms with E-state index in [0.29, 0.717) is 17.7 Å². The molecule has 144 valence electrons. The number of nitrogens with zero attached hydrogens (tertiary/aromatic N) is 3. The average Bonchev–Trinajstić information content (AvgIpc) is 3.39. The number of benzene rings is 1. The number of likely N-dealkylation sites (tertiary alicyclic amines) is 2. The van der Waals surface area contributed by atoms with Crippen LogP contribution in [-0.2, 0) is 9.59 Å². The van der Waals surface area contributed by atoms with Crippen molar-refractivity contribution in [3.05, 3.63) is 35.9 Å². The van der Waals surface area contributed by atoms with Gasteiger partial charge in [-0.2, -0.15) is 0 Å². The normalized spacial score (nSPS) is 32.0. The molecule has 1 aromatic carbocycles. The van der Waals surface area contributed by atoms with Crippen molar-refractivity contribution in [1.29, 1.82) is 0 Å². The molecule has 0 aromatic heterocycles. The van der Waals surface area contributed by atoms with Crippen molar-refractivity contribution in [3.63, 3.8) is 0 Å². The molecule has 0 N–H and O–H groups in total. The van der Waals surface area contributed by atoms with Crippen molar-refractivity contribution >= 4 is 11.8 Å². The molecule has 4 fully saturated rings. The van der Waals surface area contributed by atoms with E-state index in [4.69, 9.17) is 0 Å². The second-order valence-corrected chi connectivity index (χ2v) is 8.89. The van der Waals surface area contributed by atoms with Crippen molar-refractivity contribution in [2.75, 3.05) is 32.7 Å². The molecule has 0 unspecified atom stereocenters. The summed E-state index contributed by atoms with van der Waals surface area (Å²) in [5, 5.41) is 0. The van der Waals surface area contributed by atoms with Gasteiger partial charge in [0.1, 0.15) is 5.54 Å². The Labute approximate surface area is 161 Å². The molecule has 5 heteroatoms. The molecule has 5 rings (SSSR count). The van der Waals surface area contributed by atoms with Gasteiger partial charge in [-0.1, -0.05) is 30.3 Å². The van der Waals surface area contributed by atoms with Gasteiger partial charge in [0.2, 0.25) is 11.8 Å². The van der Waals surface area contributed by atoms with Gasteiger partial charge in [0.15, 0.2) is 0 Å². The SMILES string of the molecule is CC(=O)N1C[C@H]2CN(C(=O)C34CCCN3CCC4)C[C@H]2[C@@H]1c1ccccc1. The van der Waals surface area contributed by atoms with Crippen LogP contribution in [0.3, 0.4) is 0 Å². The van der Waals surface area contributed by atoms with Crippen LogP contribution in [0.15, 0.2) is 30.3 Å². The number of carbonyl (C=O) groups excluding carboxylic acids is 2. The predicted molar refractivity (Wildman–Crippen MR) is 103 cm³/mol. The first kappa shape index (κ1) is 17.2. The second kappa shape index (κ2) is 6.33. The summed E-state index contributed by atoms with van der Waals surface area (Å²) < 4.78 is 0. The van der Waals surface area contributed by atoms with Crippen LogP contribution >= 0.6 is 0 Å². The van der Waals surface area contributed by atoms with E-state index in [1.807, 2.05) is 23.1 Å². The third-order valence-electron chi connectivity index (χ3n) is 7.54. The lowest BCUT2D eigenvalue weighted by atomic mass is 9.89. The van der Waals surface area contributed by atoms with E-state index in [1.165, 1.54) is 5.56 Å². The van der Waals surface area contributed by atoms with Gasteiger partial charge in [0.25, 0.3) is 0 Å². The first-order valence-corrected chi connectivity index (χ1v) is 10.5. The molecule has 0 bridgehead atoms. The van der Waals surface area contributed by atoms with Crippen LogP contribution in [0.2, 0.25) is 0 Å². The molecule has 1 aromatic rings. The van der Waals surface area contributed by atoms with Crippen molar-refractivity contribution in [2.45, 2.75) is 44.2 Å². The highest BCUT2D eigenvalue weighted by Crippen LogP contribution is 2.47. The second-order valence-electron chi connectivity index (χ2n) is 8.89. The Kier molecular flexibility index (Phi) is 4.04. The lowest BCUT2D eigenvalue weighted by Gasteiger charge is -2.36. The fourth-order valence-corrected chi connectivity index (χ4v) is 6.36. The first-order valence-electron chi connectivity index (χ1n) is 10.5. The Morgan fingerprint density at radius 2 is 1.70 bits per heavy atom. The molecule has 4 heterocycles. The minimum absolute atomic E-state index is 0.104. The zero-order chi connectivity index (χ0) is 18.6. The fourth-order valence-electron chi connectivity index (χ4n) is 6.36. The van der Waals surface area contributed by atoms with Crippen LogP contribution < -0.4 is 0 Å². The van der Waals surface area contributed by atoms with E-state index in [0.717, 1.165) is 58.4 Å². The Morgan fingerprint density at radius 3 is 2.37 bits per heavy atom. The molecule has 5 nitrogen and oxygen atoms in total. The molecule has 3 atom stereocenters. The van der Waals surface area contributed by atoms with Crippen molar-refractivity contribution in [1.82, 2.24) is 14.7 Å². The summed E-state index contributed by atoms with van der Waals surface area (Å²) in [6.07, 6.45) is 4.35. The van der Waals surface area contributed by atoms with Gasteiger partial charge in [-0.05, 0) is 44.3 Å². The standard InChI is InChI=1S/C22H29N3O2/c1-16(26)25-14-18-13-23(15-19(18)20(25)17-7-3-2-4-8-17)21(27)22-9-5-11-24(22)12-6-10-22/h2-4,7-8,18-20H,5-6,9-15H2,1H3/t18-,19-,20+/m1/s1. The van der Waals surface area contributed by atoms with Gasteiger partial charge in [-0.15, -0.1) is 0 Å². The Hall–Kier alpha value is -1.88. The quantitative estimate of drug-likeness (QED) is 0.806. The Bertz CT molecular complexity index is 739. The topological polar surface area (TPSA) is 43.9 Å². The summed E-state index contributed by atoms with van der Waals surface area (Å²) in [5.41, 5.74) is 0.997. The number of carbonyl (C=O) groups is 2. The van der Waals surface area contributed by atoms with Gasteiger partial charge >= 0.3 is 0 Å². The summed E-state index contributed by atoms with van der Waals surface area (Å²) in [4.78, 5) is 32.4. The van der Waals surface area contributed by atoms with E-state index in [-0.39, 0.29) is 17.5 Å². The number of fused-ring (bicyclic) bond motifs is 2. The number of rotatable bonds is 2. The highest BCUT2D eigenvalue weighted by Gasteiger charge is 2.55. The summed E-state index contributed by atoms with van der Waals surface area (Å²) in [6, 6.07) is 10.5. The molecule has 27 heavy (non-hydrogen) atoms. The molecular formula is C22H29N3O2. The van der Waals surface area contributed by atoms with Gasteiger partial charge < -0.3 is 9.80 Å². The minimum atomic E-state index is -0.207. The lowest BCUT2D eigenvalue weighted by Crippen LogP contribution is -2.53. The van der Waals surface area contributed by atoms with Crippen molar-refractivity contribution in [3.8, 4) is 0 Å². The number of amides is 2. The number of hydrogen-bond donors (Lipinski definition) is 0. The molecule has 0 spiro atoms. The minimum Gasteiger partial charge on any atom is -0.340 e. The smallest absolute Gasteiger partial charge is 0.243 e. The number of hydrogen-bond acceptors (Lipinski definition) is 3. The zero-order valence-corrected chi connectivity index (χ0v) is 16.1. The van der Waals surface area contributed by atoms with Crippen LogP contribution in [0.5, 0.6) is 0 Å². The van der Waals surface area contributed by atoms with Crippen LogP contribution in [0.1, 0.15) is 44.2 Å². The largest absolute Gasteiger partial charge is 0.340 e. The van der Waals surface area contributed by atoms with Gasteiger partial charge in [-0.3, -0.25) is 14.5 Å². The van der Waals surface area contributed by atoms with E-state index in [1.54, 1.807) is 6.92 Å². The molecule has 4 aliphatic rings. The van der Waals surface area contributed by atoms with Crippen LogP contribution in [0.4, 0.5) is 0 Å². The van der Waals surface area contributed by atoms with Crippen molar-refractivity contribution < 1.29 is 9.59 Å². The first-order chi connectivity index (χ1) is 13.1. The van der Waals surface area contributed by atoms with Crippen molar-refractivity contribution in [2.24, 2.45) is 11.8 Å². The molecule has 0 radical (unpaired) electrons. The van der Waals surface area contributed by atoms with E-state index in [2.05, 4.69) is 21.9 Å². The molecule has 0 aliphatic carbocycles. The maximum atomic E-state index is 13.5. The molecule has 4 saturated heterocycles. The van der Waals surface area contributed by atoms with Crippen LogP contribution in [0.25, 0.3) is 0 Å². The van der Waals surface area contributed by atoms with Gasteiger partial charge in [0, 0.05) is 38.4 Å². The zero-order valence-electron chi connectivity index (χ0n) is 16.1. The summed E-state index contributed by atoms with van der Waals surface area (Å²) in [5.74, 6) is 1.27. The maximum Gasteiger partial charge on any atom is 0.243 e. The van der Waals surface area contributed by atoms with Gasteiger partial charge in [-0.25, -0.2) is 0 Å². The molecule has 0 saturated carbocycles. The van der Waals surface area contributed by atoms with Crippen LogP contribution in [0, 0.1) is 11.8 Å². The summed E-state index contributed by atoms with van der Waals surface area (Å²) in [7, 11) is 0. The van der Waals surface area contributed by atoms with Gasteiger partial charge in [0.05, 0.1) is 6.04 Å². The summed E-state index contributed by atoms with van der Waals surface area (Å²) in [6.45, 7) is 6.22. The highest BCUT2D eigenvalue weighted by molar-refractivity contribution is 5.87. The lowest BCUT2D eigenvalue weighted by molar-refractivity contribution is -0.141. The van der Waals surface area contributed by atoms with E-state index in [9.17, 15) is 9.59 Å². The highest BCUT2D eigenvalue weighted by atomic mass is 16.2. The monoisotopic (exact) mass is 367 g/mol. The third kappa shape index (κ3) is 2.54. The van der Waals surface area contributed by atoms with E-state index < -0.39 is 0 Å². The molecule has 4 aliphatic heterocycles. The predicted octanol–water partition coefficient (Wildman–Crippen LogP) is 2.29. The average molecular weight is 367 g/mol. The summed E-state index contributed by atoms with van der Waals surface area (Å²) >= 11 is 0. The molecule has 2 amide bonds. The third-order valence-corrected chi connectivity index (χ3v) is 7.54. The Balaban J connectivity index is 1.40. The molecular weight excluding hydrogens is 338 g/mol. The fraction of sp³-hybridized carbons (Fsp3) is 0.636. The van der Waals surface area contributed by atoms with E-state index >= 15 is 0 Å². The maximum absolute atomic E-state index is 13.5. The Morgan fingerprint density at radius 1 is 1.00 bits per heavy atom.